The molecule has 0 saturated carbocycles. The predicted octanol–water partition coefficient (Wildman–Crippen LogP) is 1.16. The van der Waals surface area contributed by atoms with E-state index in [1.165, 1.54) is 25.9 Å². The Bertz CT molecular complexity index is 207. The molecule has 0 aromatic heterocycles. The summed E-state index contributed by atoms with van der Waals surface area (Å²) < 4.78 is 0. The molecule has 14 heavy (non-hydrogen) atoms. The van der Waals surface area contributed by atoms with Crippen molar-refractivity contribution >= 4 is 5.91 Å². The molecule has 0 spiro atoms. The van der Waals surface area contributed by atoms with E-state index in [2.05, 4.69) is 17.1 Å². The van der Waals surface area contributed by atoms with Gasteiger partial charge in [0, 0.05) is 12.6 Å². The summed E-state index contributed by atoms with van der Waals surface area (Å²) in [5.74, 6) is 0.0131. The highest BCUT2D eigenvalue weighted by Crippen LogP contribution is 2.07. The highest BCUT2D eigenvalue weighted by atomic mass is 16.1. The van der Waals surface area contributed by atoms with Gasteiger partial charge in [-0.1, -0.05) is 6.08 Å². The van der Waals surface area contributed by atoms with Crippen LogP contribution in [0.2, 0.25) is 0 Å². The molecule has 1 atom stereocenters. The van der Waals surface area contributed by atoms with E-state index in [0.29, 0.717) is 0 Å². The smallest absolute Gasteiger partial charge is 0.243 e. The molecule has 1 amide bonds. The van der Waals surface area contributed by atoms with E-state index in [-0.39, 0.29) is 11.9 Å². The standard InChI is InChI=1S/C11H20N2O/c1-3-6-11(14)12-10(2)9-13-7-4-5-8-13/h3,6,10H,4-5,7-9H2,1-2H3,(H,12,14). The minimum Gasteiger partial charge on any atom is -0.349 e. The van der Waals surface area contributed by atoms with Crippen LogP contribution in [0.15, 0.2) is 12.2 Å². The molecule has 0 aliphatic carbocycles. The van der Waals surface area contributed by atoms with Crippen LogP contribution in [0.5, 0.6) is 0 Å². The third-order valence-corrected chi connectivity index (χ3v) is 2.44. The van der Waals surface area contributed by atoms with Gasteiger partial charge in [0.05, 0.1) is 0 Å². The van der Waals surface area contributed by atoms with Gasteiger partial charge in [0.15, 0.2) is 0 Å². The molecule has 1 N–H and O–H groups in total. The number of amides is 1. The number of allylic oxidation sites excluding steroid dienone is 1. The maximum absolute atomic E-state index is 11.2. The molecule has 0 aromatic carbocycles. The normalized spacial score (nSPS) is 20.1. The Labute approximate surface area is 86.2 Å². The molecule has 1 rings (SSSR count). The van der Waals surface area contributed by atoms with E-state index in [1.54, 1.807) is 12.2 Å². The summed E-state index contributed by atoms with van der Waals surface area (Å²) in [5.41, 5.74) is 0. The Hall–Kier alpha value is -0.830. The summed E-state index contributed by atoms with van der Waals surface area (Å²) >= 11 is 0. The summed E-state index contributed by atoms with van der Waals surface area (Å²) in [6.45, 7) is 7.25. The molecule has 0 radical (unpaired) electrons. The van der Waals surface area contributed by atoms with Gasteiger partial charge in [-0.25, -0.2) is 0 Å². The number of nitrogens with zero attached hydrogens (tertiary/aromatic N) is 1. The lowest BCUT2D eigenvalue weighted by Gasteiger charge is -2.20. The number of carbonyl (C=O) groups excluding carboxylic acids is 1. The van der Waals surface area contributed by atoms with Crippen molar-refractivity contribution in [2.75, 3.05) is 19.6 Å². The van der Waals surface area contributed by atoms with E-state index in [9.17, 15) is 4.79 Å². The zero-order valence-corrected chi connectivity index (χ0v) is 9.12. The van der Waals surface area contributed by atoms with Gasteiger partial charge >= 0.3 is 0 Å². The Morgan fingerprint density at radius 3 is 2.71 bits per heavy atom. The molecule has 3 nitrogen and oxygen atoms in total. The van der Waals surface area contributed by atoms with E-state index in [1.807, 2.05) is 6.92 Å². The summed E-state index contributed by atoms with van der Waals surface area (Å²) in [6, 6.07) is 0.247. The van der Waals surface area contributed by atoms with Crippen molar-refractivity contribution in [1.29, 1.82) is 0 Å². The number of rotatable bonds is 4. The molecular formula is C11H20N2O. The maximum Gasteiger partial charge on any atom is 0.243 e. The van der Waals surface area contributed by atoms with E-state index >= 15 is 0 Å². The SMILES string of the molecule is CC=CC(=O)NC(C)CN1CCCC1. The van der Waals surface area contributed by atoms with Gasteiger partial charge in [-0.3, -0.25) is 4.79 Å². The molecule has 0 aromatic rings. The number of carbonyl (C=O) groups is 1. The monoisotopic (exact) mass is 196 g/mol. The van der Waals surface area contributed by atoms with Gasteiger partial charge in [-0.15, -0.1) is 0 Å². The first-order chi connectivity index (χ1) is 6.72. The van der Waals surface area contributed by atoms with Crippen molar-refractivity contribution in [3.05, 3.63) is 12.2 Å². The Kier molecular flexibility index (Phi) is 4.66. The lowest BCUT2D eigenvalue weighted by Crippen LogP contribution is -2.40. The highest BCUT2D eigenvalue weighted by Gasteiger charge is 2.14. The Balaban J connectivity index is 2.20. The first-order valence-electron chi connectivity index (χ1n) is 5.38. The first kappa shape index (κ1) is 11.2. The fourth-order valence-electron chi connectivity index (χ4n) is 1.84. The van der Waals surface area contributed by atoms with Crippen LogP contribution in [0.3, 0.4) is 0 Å². The molecule has 1 heterocycles. The van der Waals surface area contributed by atoms with Crippen molar-refractivity contribution in [2.45, 2.75) is 32.7 Å². The Morgan fingerprint density at radius 2 is 2.14 bits per heavy atom. The van der Waals surface area contributed by atoms with Crippen LogP contribution in [-0.2, 0) is 4.79 Å². The van der Waals surface area contributed by atoms with Gasteiger partial charge in [0.2, 0.25) is 5.91 Å². The number of hydrogen-bond acceptors (Lipinski definition) is 2. The number of nitrogens with one attached hydrogen (secondary N) is 1. The van der Waals surface area contributed by atoms with Crippen molar-refractivity contribution in [2.24, 2.45) is 0 Å². The quantitative estimate of drug-likeness (QED) is 0.684. The van der Waals surface area contributed by atoms with E-state index < -0.39 is 0 Å². The summed E-state index contributed by atoms with van der Waals surface area (Å²) in [7, 11) is 0. The number of likely N-dealkylation sites (tertiary alicyclic amines) is 1. The molecular weight excluding hydrogens is 176 g/mol. The minimum absolute atomic E-state index is 0.0131. The molecule has 1 unspecified atom stereocenters. The maximum atomic E-state index is 11.2. The van der Waals surface area contributed by atoms with Gasteiger partial charge < -0.3 is 10.2 Å². The second kappa shape index (κ2) is 5.81. The topological polar surface area (TPSA) is 32.3 Å². The molecule has 0 bridgehead atoms. The van der Waals surface area contributed by atoms with Crippen LogP contribution >= 0.6 is 0 Å². The zero-order chi connectivity index (χ0) is 10.4. The first-order valence-corrected chi connectivity index (χ1v) is 5.38. The van der Waals surface area contributed by atoms with Crippen LogP contribution < -0.4 is 5.32 Å². The molecule has 3 heteroatoms. The van der Waals surface area contributed by atoms with Crippen LogP contribution in [0.4, 0.5) is 0 Å². The Morgan fingerprint density at radius 1 is 1.50 bits per heavy atom. The molecule has 1 saturated heterocycles. The van der Waals surface area contributed by atoms with Crippen molar-refractivity contribution in [3.63, 3.8) is 0 Å². The highest BCUT2D eigenvalue weighted by molar-refractivity contribution is 5.87. The minimum atomic E-state index is 0.0131. The summed E-state index contributed by atoms with van der Waals surface area (Å²) in [5, 5.41) is 2.94. The molecule has 1 aliphatic heterocycles. The molecule has 1 aliphatic rings. The summed E-state index contributed by atoms with van der Waals surface area (Å²) in [4.78, 5) is 13.6. The third kappa shape index (κ3) is 3.92. The predicted molar refractivity (Wildman–Crippen MR) is 58.1 cm³/mol. The van der Waals surface area contributed by atoms with Crippen LogP contribution in [0.1, 0.15) is 26.7 Å². The average Bonchev–Trinajstić information content (AvgIpc) is 2.56. The lowest BCUT2D eigenvalue weighted by atomic mass is 10.3. The molecule has 80 valence electrons. The van der Waals surface area contributed by atoms with E-state index in [4.69, 9.17) is 0 Å². The average molecular weight is 196 g/mol. The van der Waals surface area contributed by atoms with Gasteiger partial charge in [0.25, 0.3) is 0 Å². The second-order valence-corrected chi connectivity index (χ2v) is 3.92. The largest absolute Gasteiger partial charge is 0.349 e. The lowest BCUT2D eigenvalue weighted by molar-refractivity contribution is -0.117. The second-order valence-electron chi connectivity index (χ2n) is 3.92. The fourth-order valence-corrected chi connectivity index (χ4v) is 1.84. The van der Waals surface area contributed by atoms with Crippen LogP contribution in [-0.4, -0.2) is 36.5 Å². The van der Waals surface area contributed by atoms with Crippen LogP contribution in [0, 0.1) is 0 Å². The van der Waals surface area contributed by atoms with Gasteiger partial charge in [-0.2, -0.15) is 0 Å². The fraction of sp³-hybridized carbons (Fsp3) is 0.727. The molecule has 1 fully saturated rings. The van der Waals surface area contributed by atoms with Crippen molar-refractivity contribution in [1.82, 2.24) is 10.2 Å². The van der Waals surface area contributed by atoms with E-state index in [0.717, 1.165) is 6.54 Å². The zero-order valence-electron chi connectivity index (χ0n) is 9.12. The van der Waals surface area contributed by atoms with Crippen molar-refractivity contribution < 1.29 is 4.79 Å². The van der Waals surface area contributed by atoms with Gasteiger partial charge in [-0.05, 0) is 45.9 Å². The van der Waals surface area contributed by atoms with Crippen LogP contribution in [0.25, 0.3) is 0 Å². The third-order valence-electron chi connectivity index (χ3n) is 2.44. The number of hydrogen-bond donors (Lipinski definition) is 1. The van der Waals surface area contributed by atoms with Gasteiger partial charge in [0.1, 0.15) is 0 Å². The van der Waals surface area contributed by atoms with Crippen molar-refractivity contribution in [3.8, 4) is 0 Å². The summed E-state index contributed by atoms with van der Waals surface area (Å²) in [6.07, 6.45) is 5.93.